The molecule has 17 unspecified atom stereocenters. The molecule has 0 aromatic carbocycles. The minimum atomic E-state index is -1.99. The lowest BCUT2D eigenvalue weighted by atomic mass is 9.96. The Hall–Kier alpha value is -3.29. The van der Waals surface area contributed by atoms with E-state index in [1.807, 2.05) is 6.08 Å². The fourth-order valence-electron chi connectivity index (χ4n) is 12.4. The second-order valence-corrected chi connectivity index (χ2v) is 27.1. The number of aliphatic hydroxyl groups excluding tert-OH is 11. The highest BCUT2D eigenvalue weighted by Crippen LogP contribution is 2.33. The molecule has 17 atom stereocenters. The molecule has 0 aliphatic carbocycles. The van der Waals surface area contributed by atoms with E-state index < -0.39 is 124 Å². The summed E-state index contributed by atoms with van der Waals surface area (Å²) < 4.78 is 34.4. The van der Waals surface area contributed by atoms with Crippen LogP contribution in [0.5, 0.6) is 0 Å². The van der Waals surface area contributed by atoms with Gasteiger partial charge in [-0.15, -0.1) is 0 Å². The highest BCUT2D eigenvalue weighted by atomic mass is 16.8. The number of amides is 1. The van der Waals surface area contributed by atoms with Gasteiger partial charge in [-0.05, 0) is 83.5 Å². The van der Waals surface area contributed by atoms with Crippen LogP contribution in [0.25, 0.3) is 0 Å². The molecule has 0 aromatic heterocycles. The predicted molar refractivity (Wildman–Crippen MR) is 387 cm³/mol. The van der Waals surface area contributed by atoms with Gasteiger partial charge in [-0.2, -0.15) is 0 Å². The Morgan fingerprint density at radius 3 is 1.14 bits per heavy atom. The second-order valence-electron chi connectivity index (χ2n) is 27.1. The quantitative estimate of drug-likeness (QED) is 0.0199. The maximum atomic E-state index is 13.4. The van der Waals surface area contributed by atoms with E-state index in [2.05, 4.69) is 104 Å². The minimum absolute atomic E-state index is 0.213. The highest BCUT2D eigenvalue weighted by molar-refractivity contribution is 5.76. The largest absolute Gasteiger partial charge is 0.394 e. The van der Waals surface area contributed by atoms with E-state index in [-0.39, 0.29) is 18.9 Å². The van der Waals surface area contributed by atoms with Gasteiger partial charge in [0.25, 0.3) is 0 Å². The molecule has 1 amide bonds. The molecule has 0 spiro atoms. The molecule has 3 saturated heterocycles. The van der Waals surface area contributed by atoms with Crippen molar-refractivity contribution in [1.82, 2.24) is 5.32 Å². The lowest BCUT2D eigenvalue weighted by Crippen LogP contribution is -2.66. The molecule has 19 heteroatoms. The van der Waals surface area contributed by atoms with Crippen molar-refractivity contribution >= 4 is 5.91 Å². The maximum Gasteiger partial charge on any atom is 0.220 e. The molecule has 0 radical (unpaired) electrons. The van der Waals surface area contributed by atoms with Gasteiger partial charge in [0.15, 0.2) is 18.9 Å². The summed E-state index contributed by atoms with van der Waals surface area (Å²) in [5.74, 6) is -0.302. The Labute approximate surface area is 590 Å². The SMILES string of the molecule is CC/C=C\C/C=C\C/C=C\C/C=C\C/C=C\C/C=C\CCCCCCCCC(=O)NC(COC1OC(CO)C(OC2OC(CO)C(OC3OC(CO)C(O)C(O)C3O)C(O)C2O)C(O)C1O)C(O)/C=C/CC/C=C/CCCCCCCCCCCCCCCCCCCCCCCC. The highest BCUT2D eigenvalue weighted by Gasteiger charge is 2.53. The summed E-state index contributed by atoms with van der Waals surface area (Å²) in [6.45, 7) is 1.60. The van der Waals surface area contributed by atoms with Crippen LogP contribution in [0, 0.1) is 0 Å². The van der Waals surface area contributed by atoms with Crippen molar-refractivity contribution in [3.05, 3.63) is 97.2 Å². The topological polar surface area (TPSA) is 307 Å². The van der Waals surface area contributed by atoms with Crippen LogP contribution in [-0.4, -0.2) is 193 Å². The first kappa shape index (κ1) is 88.9. The molecule has 3 heterocycles. The number of ether oxygens (including phenoxy) is 6. The lowest BCUT2D eigenvalue weighted by Gasteiger charge is -2.48. The lowest BCUT2D eigenvalue weighted by molar-refractivity contribution is -0.379. The fraction of sp³-hybridized carbons (Fsp3) is 0.785. The predicted octanol–water partition coefficient (Wildman–Crippen LogP) is 12.0. The van der Waals surface area contributed by atoms with E-state index in [1.165, 1.54) is 135 Å². The zero-order chi connectivity index (χ0) is 71.1. The summed E-state index contributed by atoms with van der Waals surface area (Å²) in [5, 5.41) is 121. The van der Waals surface area contributed by atoms with Crippen molar-refractivity contribution in [1.29, 1.82) is 0 Å². The first-order valence-electron chi connectivity index (χ1n) is 38.5. The molecule has 12 N–H and O–H groups in total. The van der Waals surface area contributed by atoms with E-state index in [9.17, 15) is 61.0 Å². The minimum Gasteiger partial charge on any atom is -0.394 e. The van der Waals surface area contributed by atoms with Crippen LogP contribution in [0.1, 0.15) is 264 Å². The third kappa shape index (κ3) is 39.4. The zero-order valence-corrected chi connectivity index (χ0v) is 60.2. The second kappa shape index (κ2) is 59.1. The van der Waals surface area contributed by atoms with Crippen molar-refractivity contribution in [3.8, 4) is 0 Å². The summed E-state index contributed by atoms with van der Waals surface area (Å²) in [7, 11) is 0. The third-order valence-corrected chi connectivity index (χ3v) is 18.6. The molecular formula is C79H137NO18. The summed E-state index contributed by atoms with van der Waals surface area (Å²) >= 11 is 0. The Bertz CT molecular complexity index is 2150. The standard InChI is InChI=1S/C79H137NO18/c1-3-5-7-9-11-13-15-17-19-21-23-25-27-29-30-31-33-34-36-38-40-42-44-46-48-50-52-54-56-63(84)62(80-67(85)57-55-53-51-49-47-45-43-41-39-37-35-32-28-26-24-22-20-18-16-14-12-10-8-6-4-2)61-93-77-73(91)70(88)75(65(59-82)95-77)98-79-74(92)71(89)76(66(60-83)96-79)97-78-72(90)69(87)68(86)64(58-81)94-78/h6,8,12,14,18,20,24,26,32,35,39,41,46,48,54,56,62-66,68-79,81-84,86-92H,3-5,7,9-11,13,15-17,19,21-23,25,27-31,33-34,36-38,40,42-45,47,49-53,55,57-61H2,1-2H3,(H,80,85)/b8-6-,14-12-,20-18-,26-24-,35-32-,41-39-,48-46+,56-54+. The van der Waals surface area contributed by atoms with E-state index >= 15 is 0 Å². The summed E-state index contributed by atoms with van der Waals surface area (Å²) in [4.78, 5) is 13.4. The van der Waals surface area contributed by atoms with E-state index in [0.717, 1.165) is 96.3 Å². The van der Waals surface area contributed by atoms with Gasteiger partial charge in [0, 0.05) is 6.42 Å². The number of hydrogen-bond acceptors (Lipinski definition) is 18. The van der Waals surface area contributed by atoms with Crippen LogP contribution < -0.4 is 5.32 Å². The van der Waals surface area contributed by atoms with Crippen molar-refractivity contribution in [3.63, 3.8) is 0 Å². The van der Waals surface area contributed by atoms with Gasteiger partial charge in [0.05, 0.1) is 38.6 Å². The van der Waals surface area contributed by atoms with Crippen LogP contribution in [-0.2, 0) is 33.2 Å². The first-order valence-corrected chi connectivity index (χ1v) is 38.5. The number of allylic oxidation sites excluding steroid dienone is 15. The molecule has 3 rings (SSSR count). The van der Waals surface area contributed by atoms with Gasteiger partial charge in [-0.3, -0.25) is 4.79 Å². The number of nitrogens with one attached hydrogen (secondary N) is 1. The van der Waals surface area contributed by atoms with Gasteiger partial charge in [-0.25, -0.2) is 0 Å². The molecule has 19 nitrogen and oxygen atoms in total. The monoisotopic (exact) mass is 1390 g/mol. The summed E-state index contributed by atoms with van der Waals surface area (Å²) in [5.41, 5.74) is 0. The van der Waals surface area contributed by atoms with E-state index in [0.29, 0.717) is 12.8 Å². The normalized spacial score (nSPS) is 27.3. The molecule has 3 fully saturated rings. The van der Waals surface area contributed by atoms with Gasteiger partial charge in [0.2, 0.25) is 5.91 Å². The zero-order valence-electron chi connectivity index (χ0n) is 60.2. The number of carbonyl (C=O) groups is 1. The van der Waals surface area contributed by atoms with Gasteiger partial charge in [-0.1, -0.05) is 272 Å². The molecular weight excluding hydrogens is 1250 g/mol. The van der Waals surface area contributed by atoms with Gasteiger partial charge < -0.3 is 89.9 Å². The van der Waals surface area contributed by atoms with Crippen molar-refractivity contribution in [2.45, 2.75) is 369 Å². The van der Waals surface area contributed by atoms with Crippen molar-refractivity contribution in [2.24, 2.45) is 0 Å². The van der Waals surface area contributed by atoms with Crippen molar-refractivity contribution < 1.29 is 89.4 Å². The molecule has 0 saturated carbocycles. The number of unbranched alkanes of at least 4 members (excludes halogenated alkanes) is 29. The molecule has 0 aromatic rings. The molecule has 566 valence electrons. The molecule has 3 aliphatic rings. The Kier molecular flexibility index (Phi) is 53.7. The first-order chi connectivity index (χ1) is 47.8. The van der Waals surface area contributed by atoms with Crippen LogP contribution in [0.4, 0.5) is 0 Å². The van der Waals surface area contributed by atoms with Crippen LogP contribution in [0.3, 0.4) is 0 Å². The molecule has 0 bridgehead atoms. The maximum absolute atomic E-state index is 13.4. The summed E-state index contributed by atoms with van der Waals surface area (Å²) in [6.07, 6.45) is 52.4. The summed E-state index contributed by atoms with van der Waals surface area (Å²) in [6, 6.07) is -1.01. The number of aliphatic hydroxyl groups is 11. The van der Waals surface area contributed by atoms with Crippen LogP contribution >= 0.6 is 0 Å². The Morgan fingerprint density at radius 1 is 0.378 bits per heavy atom. The third-order valence-electron chi connectivity index (χ3n) is 18.6. The fourth-order valence-corrected chi connectivity index (χ4v) is 12.4. The average Bonchev–Trinajstić information content (AvgIpc) is 0.784. The van der Waals surface area contributed by atoms with Crippen LogP contribution in [0.2, 0.25) is 0 Å². The smallest absolute Gasteiger partial charge is 0.220 e. The molecule has 98 heavy (non-hydrogen) atoms. The Morgan fingerprint density at radius 2 is 0.714 bits per heavy atom. The van der Waals surface area contributed by atoms with Gasteiger partial charge in [0.1, 0.15) is 73.2 Å². The van der Waals surface area contributed by atoms with Crippen LogP contribution in [0.15, 0.2) is 97.2 Å². The molecule has 3 aliphatic heterocycles. The van der Waals surface area contributed by atoms with Gasteiger partial charge >= 0.3 is 0 Å². The van der Waals surface area contributed by atoms with E-state index in [1.54, 1.807) is 6.08 Å². The Balaban J connectivity index is 1.42. The number of rotatable bonds is 59. The van der Waals surface area contributed by atoms with Crippen molar-refractivity contribution in [2.75, 3.05) is 26.4 Å². The number of hydrogen-bond donors (Lipinski definition) is 12. The van der Waals surface area contributed by atoms with E-state index in [4.69, 9.17) is 28.4 Å². The number of carbonyl (C=O) groups excluding carboxylic acids is 1. The average molecular weight is 1390 g/mol.